The van der Waals surface area contributed by atoms with Crippen LogP contribution in [0.15, 0.2) is 47.4 Å². The maximum atomic E-state index is 13.6. The van der Waals surface area contributed by atoms with E-state index in [-0.39, 0.29) is 35.7 Å². The average Bonchev–Trinajstić information content (AvgIpc) is 2.84. The molecule has 2 saturated heterocycles. The van der Waals surface area contributed by atoms with Crippen LogP contribution in [0.3, 0.4) is 0 Å². The zero-order chi connectivity index (χ0) is 26.1. The molecule has 2 heterocycles. The first kappa shape index (κ1) is 26.8. The van der Waals surface area contributed by atoms with Gasteiger partial charge in [-0.05, 0) is 54.2 Å². The van der Waals surface area contributed by atoms with Gasteiger partial charge in [-0.2, -0.15) is 13.2 Å². The predicted molar refractivity (Wildman–Crippen MR) is 127 cm³/mol. The number of aliphatic hydroxyl groups is 1. The van der Waals surface area contributed by atoms with Crippen molar-refractivity contribution in [3.63, 3.8) is 0 Å². The van der Waals surface area contributed by atoms with Crippen molar-refractivity contribution in [3.8, 4) is 0 Å². The van der Waals surface area contributed by atoms with Gasteiger partial charge < -0.3 is 14.7 Å². The quantitative estimate of drug-likeness (QED) is 0.571. The number of hydrogen-bond acceptors (Lipinski definition) is 6. The highest BCUT2D eigenvalue weighted by Crippen LogP contribution is 2.35. The molecule has 0 amide bonds. The van der Waals surface area contributed by atoms with Gasteiger partial charge in [-0.15, -0.1) is 0 Å². The van der Waals surface area contributed by atoms with Crippen LogP contribution in [-0.2, 0) is 21.2 Å². The highest BCUT2D eigenvalue weighted by molar-refractivity contribution is 7.90. The Morgan fingerprint density at radius 3 is 2.39 bits per heavy atom. The summed E-state index contributed by atoms with van der Waals surface area (Å²) in [5.74, 6) is -0.423. The second kappa shape index (κ2) is 10.6. The Hall–Kier alpha value is -2.21. The first-order valence-corrected chi connectivity index (χ1v) is 13.7. The zero-order valence-electron chi connectivity index (χ0n) is 19.9. The Labute approximate surface area is 208 Å². The van der Waals surface area contributed by atoms with Crippen LogP contribution in [0.5, 0.6) is 0 Å². The van der Waals surface area contributed by atoms with Crippen LogP contribution in [-0.4, -0.2) is 69.7 Å². The summed E-state index contributed by atoms with van der Waals surface area (Å²) in [5.41, 5.74) is 1.87. The largest absolute Gasteiger partial charge is 0.414 e. The van der Waals surface area contributed by atoms with Crippen LogP contribution in [0.2, 0.25) is 0 Å². The molecule has 2 aliphatic heterocycles. The molecule has 11 heteroatoms. The summed E-state index contributed by atoms with van der Waals surface area (Å²) < 4.78 is 82.2. The minimum Gasteiger partial charge on any atom is -0.392 e. The minimum absolute atomic E-state index is 0.0286. The van der Waals surface area contributed by atoms with E-state index in [2.05, 4.69) is 4.90 Å². The molecule has 2 fully saturated rings. The lowest BCUT2D eigenvalue weighted by Gasteiger charge is -2.44. The molecular weight excluding hydrogens is 500 g/mol. The Balaban J connectivity index is 1.54. The Bertz CT molecular complexity index is 1150. The lowest BCUT2D eigenvalue weighted by molar-refractivity contribution is -0.236. The van der Waals surface area contributed by atoms with Crippen molar-refractivity contribution in [2.24, 2.45) is 5.92 Å². The Kier molecular flexibility index (Phi) is 7.94. The SMILES string of the molecule is CS(=O)(=O)c1cc(N2CCN(C[C@@H]3CC[C@H](C(F)(F)F)OC3)[C@@H](c3ccc(F)cc3)C2)ccc1CO. The summed E-state index contributed by atoms with van der Waals surface area (Å²) >= 11 is 0. The van der Waals surface area contributed by atoms with Crippen LogP contribution >= 0.6 is 0 Å². The third kappa shape index (κ3) is 6.19. The van der Waals surface area contributed by atoms with Crippen molar-refractivity contribution in [3.05, 3.63) is 59.4 Å². The highest BCUT2D eigenvalue weighted by atomic mass is 32.2. The van der Waals surface area contributed by atoms with Gasteiger partial charge in [-0.3, -0.25) is 4.90 Å². The van der Waals surface area contributed by atoms with Crippen molar-refractivity contribution in [1.29, 1.82) is 0 Å². The molecular formula is C25H30F4N2O4S. The van der Waals surface area contributed by atoms with E-state index in [4.69, 9.17) is 4.74 Å². The monoisotopic (exact) mass is 530 g/mol. The van der Waals surface area contributed by atoms with E-state index in [1.165, 1.54) is 12.1 Å². The molecule has 3 atom stereocenters. The maximum Gasteiger partial charge on any atom is 0.414 e. The molecule has 4 rings (SSSR count). The van der Waals surface area contributed by atoms with Gasteiger partial charge in [0.25, 0.3) is 0 Å². The second-order valence-corrected chi connectivity index (χ2v) is 11.5. The average molecular weight is 531 g/mol. The van der Waals surface area contributed by atoms with Gasteiger partial charge in [0.15, 0.2) is 15.9 Å². The molecule has 6 nitrogen and oxygen atoms in total. The maximum absolute atomic E-state index is 13.6. The molecule has 198 valence electrons. The van der Waals surface area contributed by atoms with Crippen molar-refractivity contribution in [2.45, 2.75) is 42.7 Å². The van der Waals surface area contributed by atoms with E-state index < -0.39 is 28.7 Å². The van der Waals surface area contributed by atoms with E-state index >= 15 is 0 Å². The number of ether oxygens (including phenoxy) is 1. The van der Waals surface area contributed by atoms with Crippen LogP contribution < -0.4 is 4.90 Å². The molecule has 36 heavy (non-hydrogen) atoms. The molecule has 0 unspecified atom stereocenters. The number of rotatable bonds is 6. The van der Waals surface area contributed by atoms with Crippen LogP contribution in [0.25, 0.3) is 0 Å². The number of hydrogen-bond donors (Lipinski definition) is 1. The third-order valence-corrected chi connectivity index (χ3v) is 8.14. The lowest BCUT2D eigenvalue weighted by Crippen LogP contribution is -2.51. The van der Waals surface area contributed by atoms with Gasteiger partial charge in [0, 0.05) is 38.1 Å². The summed E-state index contributed by atoms with van der Waals surface area (Å²) in [7, 11) is -3.55. The summed E-state index contributed by atoms with van der Waals surface area (Å²) in [4.78, 5) is 4.30. The lowest BCUT2D eigenvalue weighted by atomic mass is 9.94. The topological polar surface area (TPSA) is 70.1 Å². The van der Waals surface area contributed by atoms with Crippen molar-refractivity contribution < 1.29 is 35.8 Å². The number of nitrogens with zero attached hydrogens (tertiary/aromatic N) is 2. The second-order valence-electron chi connectivity index (χ2n) is 9.54. The van der Waals surface area contributed by atoms with Gasteiger partial charge in [-0.25, -0.2) is 12.8 Å². The van der Waals surface area contributed by atoms with E-state index in [0.717, 1.165) is 11.8 Å². The normalized spacial score (nSPS) is 24.2. The first-order valence-electron chi connectivity index (χ1n) is 11.8. The summed E-state index contributed by atoms with van der Waals surface area (Å²) in [6.45, 7) is 1.80. The van der Waals surface area contributed by atoms with Gasteiger partial charge in [0.1, 0.15) is 5.82 Å². The smallest absolute Gasteiger partial charge is 0.392 e. The van der Waals surface area contributed by atoms with Crippen LogP contribution in [0.1, 0.15) is 30.0 Å². The van der Waals surface area contributed by atoms with Gasteiger partial charge in [-0.1, -0.05) is 18.2 Å². The van der Waals surface area contributed by atoms with Crippen LogP contribution in [0.4, 0.5) is 23.2 Å². The molecule has 0 spiro atoms. The fraction of sp³-hybridized carbons (Fsp3) is 0.520. The molecule has 1 N–H and O–H groups in total. The fourth-order valence-corrected chi connectivity index (χ4v) is 5.97. The number of sulfone groups is 1. The molecule has 0 aliphatic carbocycles. The molecule has 2 aromatic rings. The van der Waals surface area contributed by atoms with Crippen molar-refractivity contribution in [1.82, 2.24) is 4.90 Å². The summed E-state index contributed by atoms with van der Waals surface area (Å²) in [5, 5.41) is 9.56. The molecule has 0 bridgehead atoms. The number of halogens is 4. The van der Waals surface area contributed by atoms with E-state index in [0.29, 0.717) is 43.9 Å². The van der Waals surface area contributed by atoms with Gasteiger partial charge in [0.05, 0.1) is 24.2 Å². The standard InChI is InChI=1S/C25H30F4N2O4S/c1-36(33,34)23-12-21(8-5-19(23)15-32)30-10-11-31(22(14-30)18-3-6-20(26)7-4-18)13-17-2-9-24(35-16-17)25(27,28)29/h3-8,12,17,22,24,32H,2,9-11,13-16H2,1H3/t17-,22+,24+/m0/s1. The summed E-state index contributed by atoms with van der Waals surface area (Å²) in [6, 6.07) is 10.9. The minimum atomic E-state index is -4.36. The molecule has 2 aliphatic rings. The Morgan fingerprint density at radius 1 is 1.08 bits per heavy atom. The number of anilines is 1. The van der Waals surface area contributed by atoms with Gasteiger partial charge in [0.2, 0.25) is 0 Å². The molecule has 0 radical (unpaired) electrons. The number of alkyl halides is 3. The number of benzene rings is 2. The molecule has 0 saturated carbocycles. The molecule has 2 aromatic carbocycles. The van der Waals surface area contributed by atoms with Crippen molar-refractivity contribution >= 4 is 15.5 Å². The number of aliphatic hydroxyl groups excluding tert-OH is 1. The first-order chi connectivity index (χ1) is 17.0. The predicted octanol–water partition coefficient (Wildman–Crippen LogP) is 3.94. The third-order valence-electron chi connectivity index (χ3n) is 6.96. The zero-order valence-corrected chi connectivity index (χ0v) is 20.7. The van der Waals surface area contributed by atoms with Gasteiger partial charge >= 0.3 is 6.18 Å². The van der Waals surface area contributed by atoms with Crippen molar-refractivity contribution in [2.75, 3.05) is 43.9 Å². The van der Waals surface area contributed by atoms with E-state index in [9.17, 15) is 31.1 Å². The van der Waals surface area contributed by atoms with E-state index in [1.807, 2.05) is 4.90 Å². The van der Waals surface area contributed by atoms with Crippen LogP contribution in [0, 0.1) is 11.7 Å². The molecule has 0 aromatic heterocycles. The highest BCUT2D eigenvalue weighted by Gasteiger charge is 2.43. The fourth-order valence-electron chi connectivity index (χ4n) is 5.03. The summed E-state index contributed by atoms with van der Waals surface area (Å²) in [6.07, 6.45) is -4.64. The Morgan fingerprint density at radius 2 is 1.81 bits per heavy atom. The van der Waals surface area contributed by atoms with E-state index in [1.54, 1.807) is 30.3 Å². The number of piperazine rings is 1.